The second-order valence-electron chi connectivity index (χ2n) is 5.17. The fourth-order valence-corrected chi connectivity index (χ4v) is 2.77. The summed E-state index contributed by atoms with van der Waals surface area (Å²) in [7, 11) is 0. The molecular formula is C17H20N2O. The van der Waals surface area contributed by atoms with Gasteiger partial charge < -0.3 is 15.8 Å². The Hall–Kier alpha value is -2.00. The van der Waals surface area contributed by atoms with Gasteiger partial charge in [0.15, 0.2) is 0 Å². The van der Waals surface area contributed by atoms with Crippen molar-refractivity contribution in [3.8, 4) is 5.75 Å². The summed E-state index contributed by atoms with van der Waals surface area (Å²) in [5, 5.41) is 3.56. The van der Waals surface area contributed by atoms with Crippen LogP contribution in [0.4, 0.5) is 5.69 Å². The Labute approximate surface area is 119 Å². The molecule has 0 saturated heterocycles. The minimum absolute atomic E-state index is 0.435. The van der Waals surface area contributed by atoms with Gasteiger partial charge in [0.2, 0.25) is 0 Å². The molecule has 3 heteroatoms. The SMILES string of the molecule is Nc1ccc2c(c1)CCC2NCCOc1ccccc1. The van der Waals surface area contributed by atoms with Crippen molar-refractivity contribution in [2.75, 3.05) is 18.9 Å². The third kappa shape index (κ3) is 2.94. The van der Waals surface area contributed by atoms with Crippen LogP contribution in [0.3, 0.4) is 0 Å². The van der Waals surface area contributed by atoms with Crippen LogP contribution in [0.1, 0.15) is 23.6 Å². The third-order valence-corrected chi connectivity index (χ3v) is 3.75. The topological polar surface area (TPSA) is 47.3 Å². The zero-order valence-electron chi connectivity index (χ0n) is 11.5. The van der Waals surface area contributed by atoms with Gasteiger partial charge in [-0.3, -0.25) is 0 Å². The quantitative estimate of drug-likeness (QED) is 0.647. The van der Waals surface area contributed by atoms with E-state index >= 15 is 0 Å². The van der Waals surface area contributed by atoms with Crippen LogP contribution in [0, 0.1) is 0 Å². The Kier molecular flexibility index (Phi) is 3.88. The largest absolute Gasteiger partial charge is 0.492 e. The van der Waals surface area contributed by atoms with Crippen LogP contribution in [0.5, 0.6) is 5.75 Å². The Morgan fingerprint density at radius 2 is 2.00 bits per heavy atom. The van der Waals surface area contributed by atoms with E-state index in [4.69, 9.17) is 10.5 Å². The highest BCUT2D eigenvalue weighted by Gasteiger charge is 2.21. The number of aryl methyl sites for hydroxylation is 1. The number of para-hydroxylation sites is 1. The first-order valence-electron chi connectivity index (χ1n) is 7.12. The summed E-state index contributed by atoms with van der Waals surface area (Å²) >= 11 is 0. The summed E-state index contributed by atoms with van der Waals surface area (Å²) in [6, 6.07) is 16.6. The van der Waals surface area contributed by atoms with Crippen molar-refractivity contribution in [2.24, 2.45) is 0 Å². The summed E-state index contributed by atoms with van der Waals surface area (Å²) in [5.41, 5.74) is 9.45. The van der Waals surface area contributed by atoms with Crippen molar-refractivity contribution >= 4 is 5.69 Å². The molecule has 1 unspecified atom stereocenters. The normalized spacial score (nSPS) is 16.9. The molecule has 104 valence electrons. The van der Waals surface area contributed by atoms with Gasteiger partial charge >= 0.3 is 0 Å². The lowest BCUT2D eigenvalue weighted by Gasteiger charge is -2.14. The summed E-state index contributed by atoms with van der Waals surface area (Å²) in [6.45, 7) is 1.54. The number of hydrogen-bond acceptors (Lipinski definition) is 3. The predicted octanol–water partition coefficient (Wildman–Crippen LogP) is 2.92. The second kappa shape index (κ2) is 5.97. The van der Waals surface area contributed by atoms with E-state index in [1.807, 2.05) is 36.4 Å². The van der Waals surface area contributed by atoms with Gasteiger partial charge in [-0.05, 0) is 48.2 Å². The molecule has 0 aliphatic heterocycles. The number of hydrogen-bond donors (Lipinski definition) is 2. The van der Waals surface area contributed by atoms with E-state index in [0.29, 0.717) is 12.6 Å². The van der Waals surface area contributed by atoms with Crippen LogP contribution in [0.15, 0.2) is 48.5 Å². The van der Waals surface area contributed by atoms with Crippen LogP contribution in [0.25, 0.3) is 0 Å². The highest BCUT2D eigenvalue weighted by molar-refractivity contribution is 5.47. The molecule has 0 amide bonds. The molecule has 3 N–H and O–H groups in total. The van der Waals surface area contributed by atoms with Gasteiger partial charge in [0, 0.05) is 18.3 Å². The second-order valence-corrected chi connectivity index (χ2v) is 5.17. The molecule has 0 aromatic heterocycles. The molecular weight excluding hydrogens is 248 g/mol. The van der Waals surface area contributed by atoms with E-state index in [0.717, 1.165) is 30.8 Å². The van der Waals surface area contributed by atoms with E-state index in [2.05, 4.69) is 17.4 Å². The summed E-state index contributed by atoms with van der Waals surface area (Å²) in [5.74, 6) is 0.925. The van der Waals surface area contributed by atoms with Gasteiger partial charge in [0.1, 0.15) is 12.4 Å². The fourth-order valence-electron chi connectivity index (χ4n) is 2.77. The van der Waals surface area contributed by atoms with E-state index in [9.17, 15) is 0 Å². The van der Waals surface area contributed by atoms with Crippen molar-refractivity contribution in [1.82, 2.24) is 5.32 Å². The first-order valence-corrected chi connectivity index (χ1v) is 7.12. The number of fused-ring (bicyclic) bond motifs is 1. The first kappa shape index (κ1) is 13.0. The van der Waals surface area contributed by atoms with Crippen molar-refractivity contribution in [3.63, 3.8) is 0 Å². The lowest BCUT2D eigenvalue weighted by Crippen LogP contribution is -2.24. The van der Waals surface area contributed by atoms with E-state index in [1.54, 1.807) is 0 Å². The van der Waals surface area contributed by atoms with Gasteiger partial charge in [0.25, 0.3) is 0 Å². The van der Waals surface area contributed by atoms with Crippen molar-refractivity contribution in [2.45, 2.75) is 18.9 Å². The monoisotopic (exact) mass is 268 g/mol. The van der Waals surface area contributed by atoms with E-state index in [1.165, 1.54) is 11.1 Å². The average molecular weight is 268 g/mol. The summed E-state index contributed by atoms with van der Waals surface area (Å²) in [4.78, 5) is 0. The molecule has 3 rings (SSSR count). The molecule has 3 nitrogen and oxygen atoms in total. The highest BCUT2D eigenvalue weighted by Crippen LogP contribution is 2.32. The zero-order valence-corrected chi connectivity index (χ0v) is 11.5. The summed E-state index contributed by atoms with van der Waals surface area (Å²) < 4.78 is 5.69. The summed E-state index contributed by atoms with van der Waals surface area (Å²) in [6.07, 6.45) is 2.25. The molecule has 0 spiro atoms. The molecule has 0 bridgehead atoms. The van der Waals surface area contributed by atoms with Crippen molar-refractivity contribution in [3.05, 3.63) is 59.7 Å². The van der Waals surface area contributed by atoms with E-state index in [-0.39, 0.29) is 0 Å². The number of nitrogen functional groups attached to an aromatic ring is 1. The predicted molar refractivity (Wildman–Crippen MR) is 81.9 cm³/mol. The molecule has 1 aliphatic rings. The molecule has 2 aromatic carbocycles. The maximum Gasteiger partial charge on any atom is 0.119 e. The first-order chi connectivity index (χ1) is 9.83. The lowest BCUT2D eigenvalue weighted by atomic mass is 10.1. The van der Waals surface area contributed by atoms with Gasteiger partial charge in [0.05, 0.1) is 0 Å². The fraction of sp³-hybridized carbons (Fsp3) is 0.294. The number of ether oxygens (including phenoxy) is 1. The lowest BCUT2D eigenvalue weighted by molar-refractivity contribution is 0.305. The average Bonchev–Trinajstić information content (AvgIpc) is 2.87. The van der Waals surface area contributed by atoms with Gasteiger partial charge in [-0.1, -0.05) is 24.3 Å². The minimum atomic E-state index is 0.435. The maximum absolute atomic E-state index is 5.82. The van der Waals surface area contributed by atoms with Gasteiger partial charge in [-0.15, -0.1) is 0 Å². The standard InChI is InChI=1S/C17H20N2O/c18-14-7-8-16-13(12-14)6-9-17(16)19-10-11-20-15-4-2-1-3-5-15/h1-5,7-8,12,17,19H,6,9-11,18H2. The smallest absolute Gasteiger partial charge is 0.119 e. The Morgan fingerprint density at radius 3 is 2.85 bits per heavy atom. The van der Waals surface area contributed by atoms with Crippen LogP contribution in [0.2, 0.25) is 0 Å². The van der Waals surface area contributed by atoms with Crippen LogP contribution >= 0.6 is 0 Å². The number of benzene rings is 2. The number of anilines is 1. The number of nitrogens with two attached hydrogens (primary N) is 1. The highest BCUT2D eigenvalue weighted by atomic mass is 16.5. The Balaban J connectivity index is 1.49. The minimum Gasteiger partial charge on any atom is -0.492 e. The molecule has 1 aliphatic carbocycles. The zero-order chi connectivity index (χ0) is 13.8. The molecule has 0 heterocycles. The molecule has 1 atom stereocenters. The van der Waals surface area contributed by atoms with Crippen LogP contribution < -0.4 is 15.8 Å². The van der Waals surface area contributed by atoms with Gasteiger partial charge in [-0.25, -0.2) is 0 Å². The molecule has 2 aromatic rings. The number of rotatable bonds is 5. The van der Waals surface area contributed by atoms with Crippen molar-refractivity contribution < 1.29 is 4.74 Å². The van der Waals surface area contributed by atoms with Crippen molar-refractivity contribution in [1.29, 1.82) is 0 Å². The Morgan fingerprint density at radius 1 is 1.15 bits per heavy atom. The molecule has 0 fully saturated rings. The third-order valence-electron chi connectivity index (χ3n) is 3.75. The molecule has 0 saturated carbocycles. The van der Waals surface area contributed by atoms with Crippen LogP contribution in [-0.4, -0.2) is 13.2 Å². The van der Waals surface area contributed by atoms with Crippen LogP contribution in [-0.2, 0) is 6.42 Å². The molecule has 0 radical (unpaired) electrons. The van der Waals surface area contributed by atoms with Gasteiger partial charge in [-0.2, -0.15) is 0 Å². The number of nitrogens with one attached hydrogen (secondary N) is 1. The Bertz CT molecular complexity index is 568. The van der Waals surface area contributed by atoms with E-state index < -0.39 is 0 Å². The molecule has 20 heavy (non-hydrogen) atoms. The maximum atomic E-state index is 5.82.